The number of hydrogen-bond acceptors (Lipinski definition) is 6. The fraction of sp³-hybridized carbons (Fsp3) is 0.300. The first kappa shape index (κ1) is 20.1. The van der Waals surface area contributed by atoms with Crippen molar-refractivity contribution in [1.82, 2.24) is 0 Å². The molecule has 2 aromatic rings. The number of rotatable bonds is 10. The van der Waals surface area contributed by atoms with E-state index in [1.54, 1.807) is 30.3 Å². The molecule has 2 aromatic carbocycles. The van der Waals surface area contributed by atoms with Gasteiger partial charge in [0.1, 0.15) is 17.8 Å². The molecule has 0 atom stereocenters. The lowest BCUT2D eigenvalue weighted by Gasteiger charge is -2.14. The van der Waals surface area contributed by atoms with Crippen LogP contribution in [0.25, 0.3) is 0 Å². The molecule has 0 heterocycles. The molecule has 1 N–H and O–H groups in total. The van der Waals surface area contributed by atoms with Crippen LogP contribution in [0.1, 0.15) is 24.2 Å². The van der Waals surface area contributed by atoms with E-state index in [1.165, 1.54) is 13.2 Å². The summed E-state index contributed by atoms with van der Waals surface area (Å²) in [5, 5.41) is 2.75. The van der Waals surface area contributed by atoms with E-state index in [-0.39, 0.29) is 12.5 Å². The molecule has 0 aliphatic heterocycles. The fourth-order valence-electron chi connectivity index (χ4n) is 2.35. The Hall–Kier alpha value is -3.22. The van der Waals surface area contributed by atoms with Crippen molar-refractivity contribution in [2.24, 2.45) is 0 Å². The molecule has 0 spiro atoms. The lowest BCUT2D eigenvalue weighted by atomic mass is 10.2. The number of hydrogen-bond donors (Lipinski definition) is 1. The number of amides is 1. The number of aldehydes is 1. The smallest absolute Gasteiger partial charge is 0.262 e. The molecule has 0 aliphatic carbocycles. The molecule has 1 amide bonds. The quantitative estimate of drug-likeness (QED) is 0.643. The van der Waals surface area contributed by atoms with Gasteiger partial charge in [-0.05, 0) is 44.2 Å². The Morgan fingerprint density at radius 3 is 2.37 bits per heavy atom. The van der Waals surface area contributed by atoms with Crippen LogP contribution in [-0.2, 0) is 4.79 Å². The molecule has 0 fully saturated rings. The summed E-state index contributed by atoms with van der Waals surface area (Å²) in [6.07, 6.45) is 0.694. The maximum absolute atomic E-state index is 12.3. The Bertz CT molecular complexity index is 790. The number of benzene rings is 2. The second-order valence-corrected chi connectivity index (χ2v) is 5.39. The zero-order valence-electron chi connectivity index (χ0n) is 15.6. The normalized spacial score (nSPS) is 10.0. The number of anilines is 1. The van der Waals surface area contributed by atoms with Gasteiger partial charge in [0.15, 0.2) is 18.1 Å². The van der Waals surface area contributed by atoms with Gasteiger partial charge < -0.3 is 24.3 Å². The molecule has 0 saturated heterocycles. The van der Waals surface area contributed by atoms with E-state index in [1.807, 2.05) is 13.8 Å². The summed E-state index contributed by atoms with van der Waals surface area (Å²) < 4.78 is 21.7. The number of methoxy groups -OCH3 is 1. The van der Waals surface area contributed by atoms with Crippen LogP contribution in [0.4, 0.5) is 5.69 Å². The zero-order valence-corrected chi connectivity index (χ0v) is 15.6. The minimum atomic E-state index is -0.386. The van der Waals surface area contributed by atoms with E-state index in [9.17, 15) is 9.59 Å². The summed E-state index contributed by atoms with van der Waals surface area (Å²) in [7, 11) is 1.48. The van der Waals surface area contributed by atoms with Crippen LogP contribution in [0.3, 0.4) is 0 Å². The molecule has 144 valence electrons. The molecular formula is C20H23NO6. The van der Waals surface area contributed by atoms with Gasteiger partial charge in [-0.25, -0.2) is 0 Å². The van der Waals surface area contributed by atoms with Crippen molar-refractivity contribution < 1.29 is 28.5 Å². The van der Waals surface area contributed by atoms with Crippen molar-refractivity contribution in [2.75, 3.05) is 32.2 Å². The Balaban J connectivity index is 2.09. The van der Waals surface area contributed by atoms with E-state index in [0.29, 0.717) is 53.7 Å². The van der Waals surface area contributed by atoms with E-state index < -0.39 is 0 Å². The molecule has 0 saturated carbocycles. The standard InChI is InChI=1S/C20H23NO6/c1-4-25-15-7-9-17(26-5-2)16(11-15)21-20(23)13-27-19-10-14(12-22)6-8-18(19)24-3/h6-12H,4-5,13H2,1-3H3,(H,21,23). The second kappa shape index (κ2) is 10.1. The molecule has 0 unspecified atom stereocenters. The highest BCUT2D eigenvalue weighted by Crippen LogP contribution is 2.30. The third-order valence-corrected chi connectivity index (χ3v) is 3.52. The summed E-state index contributed by atoms with van der Waals surface area (Å²) in [6, 6.07) is 9.93. The largest absolute Gasteiger partial charge is 0.494 e. The number of nitrogens with one attached hydrogen (secondary N) is 1. The Labute approximate surface area is 158 Å². The van der Waals surface area contributed by atoms with Crippen molar-refractivity contribution in [3.63, 3.8) is 0 Å². The average molecular weight is 373 g/mol. The molecule has 0 bridgehead atoms. The molecule has 27 heavy (non-hydrogen) atoms. The van der Waals surface area contributed by atoms with E-state index >= 15 is 0 Å². The lowest BCUT2D eigenvalue weighted by molar-refractivity contribution is -0.118. The van der Waals surface area contributed by atoms with Gasteiger partial charge in [0.25, 0.3) is 5.91 Å². The van der Waals surface area contributed by atoms with Crippen molar-refractivity contribution in [2.45, 2.75) is 13.8 Å². The molecule has 0 aromatic heterocycles. The number of carbonyl (C=O) groups is 2. The minimum absolute atomic E-state index is 0.261. The number of carbonyl (C=O) groups excluding carboxylic acids is 2. The van der Waals surface area contributed by atoms with E-state index in [2.05, 4.69) is 5.32 Å². The van der Waals surface area contributed by atoms with Gasteiger partial charge in [0, 0.05) is 11.6 Å². The van der Waals surface area contributed by atoms with Gasteiger partial charge in [0.2, 0.25) is 0 Å². The molecule has 0 aliphatic rings. The predicted octanol–water partition coefficient (Wildman–Crippen LogP) is 3.32. The van der Waals surface area contributed by atoms with Crippen LogP contribution in [0.5, 0.6) is 23.0 Å². The second-order valence-electron chi connectivity index (χ2n) is 5.39. The summed E-state index contributed by atoms with van der Waals surface area (Å²) in [5.41, 5.74) is 0.916. The number of ether oxygens (including phenoxy) is 4. The highest BCUT2D eigenvalue weighted by molar-refractivity contribution is 5.93. The van der Waals surface area contributed by atoms with Crippen LogP contribution in [0.15, 0.2) is 36.4 Å². The first-order chi connectivity index (χ1) is 13.1. The predicted molar refractivity (Wildman–Crippen MR) is 101 cm³/mol. The Morgan fingerprint density at radius 2 is 1.70 bits per heavy atom. The minimum Gasteiger partial charge on any atom is -0.494 e. The molecule has 0 radical (unpaired) electrons. The van der Waals surface area contributed by atoms with Gasteiger partial charge in [-0.2, -0.15) is 0 Å². The van der Waals surface area contributed by atoms with Crippen LogP contribution >= 0.6 is 0 Å². The Kier molecular flexibility index (Phi) is 7.49. The molecular weight excluding hydrogens is 350 g/mol. The first-order valence-corrected chi connectivity index (χ1v) is 8.56. The van der Waals surface area contributed by atoms with E-state index in [0.717, 1.165) is 0 Å². The summed E-state index contributed by atoms with van der Waals surface area (Å²) in [6.45, 7) is 4.45. The summed E-state index contributed by atoms with van der Waals surface area (Å²) in [5.74, 6) is 1.52. The van der Waals surface area contributed by atoms with Gasteiger partial charge >= 0.3 is 0 Å². The Morgan fingerprint density at radius 1 is 0.963 bits per heavy atom. The SMILES string of the molecule is CCOc1ccc(OCC)c(NC(=O)COc2cc(C=O)ccc2OC)c1. The van der Waals surface area contributed by atoms with Crippen molar-refractivity contribution in [3.8, 4) is 23.0 Å². The highest BCUT2D eigenvalue weighted by Gasteiger charge is 2.12. The van der Waals surface area contributed by atoms with Gasteiger partial charge in [-0.3, -0.25) is 9.59 Å². The summed E-state index contributed by atoms with van der Waals surface area (Å²) in [4.78, 5) is 23.2. The van der Waals surface area contributed by atoms with Crippen LogP contribution in [0.2, 0.25) is 0 Å². The fourth-order valence-corrected chi connectivity index (χ4v) is 2.35. The third-order valence-electron chi connectivity index (χ3n) is 3.52. The highest BCUT2D eigenvalue weighted by atomic mass is 16.5. The average Bonchev–Trinajstić information content (AvgIpc) is 2.68. The van der Waals surface area contributed by atoms with Crippen molar-refractivity contribution in [3.05, 3.63) is 42.0 Å². The van der Waals surface area contributed by atoms with Crippen LogP contribution in [-0.4, -0.2) is 39.1 Å². The lowest BCUT2D eigenvalue weighted by Crippen LogP contribution is -2.21. The van der Waals surface area contributed by atoms with Crippen molar-refractivity contribution >= 4 is 17.9 Å². The molecule has 7 nitrogen and oxygen atoms in total. The van der Waals surface area contributed by atoms with Gasteiger partial charge in [-0.15, -0.1) is 0 Å². The van der Waals surface area contributed by atoms with E-state index in [4.69, 9.17) is 18.9 Å². The van der Waals surface area contributed by atoms with Crippen molar-refractivity contribution in [1.29, 1.82) is 0 Å². The zero-order chi connectivity index (χ0) is 19.6. The molecule has 7 heteroatoms. The monoisotopic (exact) mass is 373 g/mol. The maximum Gasteiger partial charge on any atom is 0.262 e. The topological polar surface area (TPSA) is 83.1 Å². The van der Waals surface area contributed by atoms with Gasteiger partial charge in [0.05, 0.1) is 26.0 Å². The van der Waals surface area contributed by atoms with Crippen LogP contribution < -0.4 is 24.3 Å². The van der Waals surface area contributed by atoms with Gasteiger partial charge in [-0.1, -0.05) is 0 Å². The summed E-state index contributed by atoms with van der Waals surface area (Å²) >= 11 is 0. The third kappa shape index (κ3) is 5.64. The first-order valence-electron chi connectivity index (χ1n) is 8.56. The van der Waals surface area contributed by atoms with Crippen LogP contribution in [0, 0.1) is 0 Å². The molecule has 2 rings (SSSR count). The maximum atomic E-state index is 12.3.